The van der Waals surface area contributed by atoms with Gasteiger partial charge in [0.1, 0.15) is 0 Å². The summed E-state index contributed by atoms with van der Waals surface area (Å²) >= 11 is 0. The molecule has 21 heavy (non-hydrogen) atoms. The van der Waals surface area contributed by atoms with E-state index in [2.05, 4.69) is 10.2 Å². The Kier molecular flexibility index (Phi) is 8.12. The smallest absolute Gasteiger partial charge is 0.213 e. The number of nitrogens with zero attached hydrogens (tertiary/aromatic N) is 2. The van der Waals surface area contributed by atoms with E-state index in [1.807, 2.05) is 6.92 Å². The first-order chi connectivity index (χ1) is 9.81. The lowest BCUT2D eigenvalue weighted by atomic mass is 9.96. The van der Waals surface area contributed by atoms with Gasteiger partial charge in [-0.05, 0) is 58.3 Å². The van der Waals surface area contributed by atoms with Crippen LogP contribution in [0.15, 0.2) is 0 Å². The van der Waals surface area contributed by atoms with Crippen LogP contribution in [0.3, 0.4) is 0 Å². The van der Waals surface area contributed by atoms with Crippen molar-refractivity contribution in [3.63, 3.8) is 0 Å². The zero-order valence-corrected chi connectivity index (χ0v) is 14.4. The lowest BCUT2D eigenvalue weighted by Gasteiger charge is -2.32. The Labute approximate surface area is 129 Å². The van der Waals surface area contributed by atoms with Crippen LogP contribution in [0, 0.1) is 5.92 Å². The van der Waals surface area contributed by atoms with Crippen molar-refractivity contribution in [2.45, 2.75) is 32.3 Å². The van der Waals surface area contributed by atoms with Gasteiger partial charge in [-0.2, -0.15) is 0 Å². The van der Waals surface area contributed by atoms with Gasteiger partial charge in [0.05, 0.1) is 11.9 Å². The maximum absolute atomic E-state index is 11.6. The zero-order valence-electron chi connectivity index (χ0n) is 13.6. The van der Waals surface area contributed by atoms with E-state index in [1.165, 1.54) is 4.31 Å². The van der Waals surface area contributed by atoms with E-state index in [4.69, 9.17) is 0 Å². The van der Waals surface area contributed by atoms with Crippen molar-refractivity contribution < 1.29 is 13.5 Å². The molecule has 2 N–H and O–H groups in total. The summed E-state index contributed by atoms with van der Waals surface area (Å²) in [4.78, 5) is 2.31. The average molecular weight is 321 g/mol. The molecule has 1 unspecified atom stereocenters. The van der Waals surface area contributed by atoms with Crippen LogP contribution in [0.1, 0.15) is 26.2 Å². The minimum atomic E-state index is -3.06. The number of aliphatic hydroxyl groups is 1. The van der Waals surface area contributed by atoms with E-state index >= 15 is 0 Å². The molecule has 1 heterocycles. The highest BCUT2D eigenvalue weighted by Gasteiger charge is 2.19. The fourth-order valence-corrected chi connectivity index (χ4v) is 3.49. The SMILES string of the molecule is CC(O)CN1CCC(CNCCCS(=O)(=O)N(C)C)CC1. The van der Waals surface area contributed by atoms with Gasteiger partial charge >= 0.3 is 0 Å². The first kappa shape index (κ1) is 18.8. The predicted octanol–water partition coefficient (Wildman–Crippen LogP) is -0.0497. The molecule has 0 spiro atoms. The van der Waals surface area contributed by atoms with Crippen LogP contribution in [0.4, 0.5) is 0 Å². The Morgan fingerprint density at radius 2 is 1.95 bits per heavy atom. The Balaban J connectivity index is 2.07. The van der Waals surface area contributed by atoms with Crippen LogP contribution >= 0.6 is 0 Å². The fourth-order valence-electron chi connectivity index (χ4n) is 2.62. The monoisotopic (exact) mass is 321 g/mol. The molecule has 7 heteroatoms. The van der Waals surface area contributed by atoms with Crippen molar-refractivity contribution in [3.05, 3.63) is 0 Å². The third-order valence-corrected chi connectivity index (χ3v) is 5.89. The predicted molar refractivity (Wildman–Crippen MR) is 85.8 cm³/mol. The van der Waals surface area contributed by atoms with Crippen molar-refractivity contribution in [2.24, 2.45) is 5.92 Å². The molecule has 0 radical (unpaired) electrons. The van der Waals surface area contributed by atoms with Crippen molar-refractivity contribution >= 4 is 10.0 Å². The molecule has 1 rings (SSSR count). The molecule has 0 aromatic rings. The molecule has 126 valence electrons. The van der Waals surface area contributed by atoms with E-state index in [9.17, 15) is 13.5 Å². The van der Waals surface area contributed by atoms with Crippen molar-refractivity contribution in [2.75, 3.05) is 52.6 Å². The molecule has 1 fully saturated rings. The summed E-state index contributed by atoms with van der Waals surface area (Å²) in [6.07, 6.45) is 2.70. The fraction of sp³-hybridized carbons (Fsp3) is 1.00. The van der Waals surface area contributed by atoms with Crippen LogP contribution in [-0.4, -0.2) is 81.4 Å². The first-order valence-corrected chi connectivity index (χ1v) is 9.43. The number of rotatable bonds is 9. The van der Waals surface area contributed by atoms with Crippen LogP contribution in [-0.2, 0) is 10.0 Å². The van der Waals surface area contributed by atoms with E-state index < -0.39 is 10.0 Å². The third kappa shape index (κ3) is 7.56. The second kappa shape index (κ2) is 9.05. The van der Waals surface area contributed by atoms with Gasteiger partial charge in [-0.3, -0.25) is 0 Å². The largest absolute Gasteiger partial charge is 0.392 e. The number of nitrogens with one attached hydrogen (secondary N) is 1. The standard InChI is InChI=1S/C14H31N3O3S/c1-13(18)12-17-8-5-14(6-9-17)11-15-7-4-10-21(19,20)16(2)3/h13-15,18H,4-12H2,1-3H3. The number of piperidine rings is 1. The van der Waals surface area contributed by atoms with Crippen molar-refractivity contribution in [3.8, 4) is 0 Å². The summed E-state index contributed by atoms with van der Waals surface area (Å²) in [6.45, 7) is 6.40. The highest BCUT2D eigenvalue weighted by Crippen LogP contribution is 2.16. The zero-order chi connectivity index (χ0) is 15.9. The first-order valence-electron chi connectivity index (χ1n) is 7.82. The molecule has 1 aliphatic heterocycles. The second-order valence-electron chi connectivity index (χ2n) is 6.25. The summed E-state index contributed by atoms with van der Waals surface area (Å²) in [5.41, 5.74) is 0. The molecule has 0 saturated carbocycles. The van der Waals surface area contributed by atoms with Crippen molar-refractivity contribution in [1.29, 1.82) is 0 Å². The van der Waals surface area contributed by atoms with Gasteiger partial charge in [0.2, 0.25) is 10.0 Å². The second-order valence-corrected chi connectivity index (χ2v) is 8.55. The lowest BCUT2D eigenvalue weighted by Crippen LogP contribution is -2.40. The van der Waals surface area contributed by atoms with Crippen LogP contribution in [0.2, 0.25) is 0 Å². The number of hydrogen-bond donors (Lipinski definition) is 2. The van der Waals surface area contributed by atoms with Crippen LogP contribution in [0.5, 0.6) is 0 Å². The molecule has 0 bridgehead atoms. The molecule has 1 atom stereocenters. The molecular formula is C14H31N3O3S. The molecule has 6 nitrogen and oxygen atoms in total. The molecule has 0 amide bonds. The maximum atomic E-state index is 11.6. The van der Waals surface area contributed by atoms with Gasteiger partial charge in [0.15, 0.2) is 0 Å². The highest BCUT2D eigenvalue weighted by atomic mass is 32.2. The maximum Gasteiger partial charge on any atom is 0.213 e. The molecule has 1 aliphatic rings. The number of hydrogen-bond acceptors (Lipinski definition) is 5. The van der Waals surface area contributed by atoms with Gasteiger partial charge in [-0.15, -0.1) is 0 Å². The quantitative estimate of drug-likeness (QED) is 0.583. The van der Waals surface area contributed by atoms with E-state index in [1.54, 1.807) is 14.1 Å². The number of likely N-dealkylation sites (tertiary alicyclic amines) is 1. The molecular weight excluding hydrogens is 290 g/mol. The van der Waals surface area contributed by atoms with E-state index in [0.717, 1.165) is 45.6 Å². The summed E-state index contributed by atoms with van der Waals surface area (Å²) in [5, 5.41) is 12.7. The van der Waals surface area contributed by atoms with Gasteiger partial charge < -0.3 is 15.3 Å². The molecule has 0 aromatic heterocycles. The molecule has 1 saturated heterocycles. The topological polar surface area (TPSA) is 72.9 Å². The third-order valence-electron chi connectivity index (χ3n) is 3.97. The van der Waals surface area contributed by atoms with Gasteiger partial charge in [0, 0.05) is 20.6 Å². The number of β-amino-alcohol motifs (C(OH)–C–C–N with tert-alkyl or cyclic N) is 1. The van der Waals surface area contributed by atoms with Crippen LogP contribution in [0.25, 0.3) is 0 Å². The Morgan fingerprint density at radius 3 is 2.48 bits per heavy atom. The summed E-state index contributed by atoms with van der Waals surface area (Å²) in [5.74, 6) is 0.875. The Bertz CT molecular complexity index is 377. The van der Waals surface area contributed by atoms with Gasteiger partial charge in [-0.25, -0.2) is 12.7 Å². The van der Waals surface area contributed by atoms with E-state index in [-0.39, 0.29) is 11.9 Å². The Hall–Kier alpha value is -0.210. The molecule has 0 aromatic carbocycles. The van der Waals surface area contributed by atoms with Gasteiger partial charge in [-0.1, -0.05) is 0 Å². The summed E-state index contributed by atoms with van der Waals surface area (Å²) in [7, 11) is 0.0870. The summed E-state index contributed by atoms with van der Waals surface area (Å²) in [6, 6.07) is 0. The minimum Gasteiger partial charge on any atom is -0.392 e. The average Bonchev–Trinajstić information content (AvgIpc) is 2.39. The highest BCUT2D eigenvalue weighted by molar-refractivity contribution is 7.89. The van der Waals surface area contributed by atoms with Crippen molar-refractivity contribution in [1.82, 2.24) is 14.5 Å². The minimum absolute atomic E-state index is 0.208. The van der Waals surface area contributed by atoms with Crippen LogP contribution < -0.4 is 5.32 Å². The van der Waals surface area contributed by atoms with Gasteiger partial charge in [0.25, 0.3) is 0 Å². The van der Waals surface area contributed by atoms with E-state index in [0.29, 0.717) is 12.3 Å². The Morgan fingerprint density at radius 1 is 1.33 bits per heavy atom. The lowest BCUT2D eigenvalue weighted by molar-refractivity contribution is 0.0999. The summed E-state index contributed by atoms with van der Waals surface area (Å²) < 4.78 is 24.5. The number of sulfonamides is 1. The normalized spacial score (nSPS) is 20.0. The molecule has 0 aliphatic carbocycles. The number of aliphatic hydroxyl groups excluding tert-OH is 1.